The Morgan fingerprint density at radius 1 is 1.13 bits per heavy atom. The van der Waals surface area contributed by atoms with E-state index in [1.165, 1.54) is 35.7 Å². The van der Waals surface area contributed by atoms with Crippen LogP contribution in [0.4, 0.5) is 4.79 Å². The van der Waals surface area contributed by atoms with Gasteiger partial charge in [-0.25, -0.2) is 0 Å². The molecule has 1 unspecified atom stereocenters. The van der Waals surface area contributed by atoms with E-state index in [1.807, 2.05) is 35.2 Å². The first-order valence-corrected chi connectivity index (χ1v) is 11.9. The lowest BCUT2D eigenvalue weighted by molar-refractivity contribution is 0.179. The molecule has 0 bridgehead atoms. The van der Waals surface area contributed by atoms with E-state index in [-0.39, 0.29) is 5.24 Å². The summed E-state index contributed by atoms with van der Waals surface area (Å²) in [6, 6.07) is 16.2. The second kappa shape index (κ2) is 10.1. The first-order valence-electron chi connectivity index (χ1n) is 10.6. The monoisotopic (exact) mass is 444 g/mol. The van der Waals surface area contributed by atoms with Crippen LogP contribution >= 0.6 is 23.4 Å². The van der Waals surface area contributed by atoms with Gasteiger partial charge in [0, 0.05) is 29.9 Å². The molecule has 1 atom stereocenters. The van der Waals surface area contributed by atoms with Crippen molar-refractivity contribution in [1.82, 2.24) is 9.80 Å². The number of hydrogen-bond donors (Lipinski definition) is 0. The molecule has 0 aromatic heterocycles. The molecule has 160 valence electrons. The van der Waals surface area contributed by atoms with Crippen molar-refractivity contribution in [2.24, 2.45) is 5.92 Å². The SMILES string of the molecule is COc1ccc(Cl)c(CC2CCN(CC3CN(Cc4ccccc4)C(=O)S3)CC2)c1. The molecule has 0 N–H and O–H groups in total. The highest BCUT2D eigenvalue weighted by Gasteiger charge is 2.32. The largest absolute Gasteiger partial charge is 0.497 e. The van der Waals surface area contributed by atoms with Gasteiger partial charge in [-0.15, -0.1) is 0 Å². The maximum atomic E-state index is 12.4. The number of benzene rings is 2. The second-order valence-electron chi connectivity index (χ2n) is 8.28. The summed E-state index contributed by atoms with van der Waals surface area (Å²) in [4.78, 5) is 16.9. The van der Waals surface area contributed by atoms with Gasteiger partial charge >= 0.3 is 0 Å². The van der Waals surface area contributed by atoms with Gasteiger partial charge in [-0.1, -0.05) is 53.7 Å². The first kappa shape index (κ1) is 21.5. The quantitative estimate of drug-likeness (QED) is 0.577. The van der Waals surface area contributed by atoms with Crippen LogP contribution < -0.4 is 4.74 Å². The topological polar surface area (TPSA) is 32.8 Å². The third-order valence-corrected chi connectivity index (χ3v) is 7.56. The van der Waals surface area contributed by atoms with Crippen LogP contribution in [0.3, 0.4) is 0 Å². The van der Waals surface area contributed by atoms with Crippen molar-refractivity contribution < 1.29 is 9.53 Å². The molecule has 0 aliphatic carbocycles. The molecule has 2 aliphatic heterocycles. The summed E-state index contributed by atoms with van der Waals surface area (Å²) in [6.45, 7) is 4.74. The van der Waals surface area contributed by atoms with E-state index < -0.39 is 0 Å². The van der Waals surface area contributed by atoms with Gasteiger partial charge in [0.15, 0.2) is 0 Å². The van der Waals surface area contributed by atoms with Crippen LogP contribution in [0.1, 0.15) is 24.0 Å². The van der Waals surface area contributed by atoms with Crippen molar-refractivity contribution in [3.8, 4) is 5.75 Å². The summed E-state index contributed by atoms with van der Waals surface area (Å²) in [6.07, 6.45) is 3.35. The molecule has 2 aromatic rings. The zero-order chi connectivity index (χ0) is 20.9. The van der Waals surface area contributed by atoms with Gasteiger partial charge in [0.05, 0.1) is 7.11 Å². The normalized spacial score (nSPS) is 20.7. The Labute approximate surface area is 188 Å². The molecule has 0 saturated carbocycles. The zero-order valence-corrected chi connectivity index (χ0v) is 19.0. The molecular formula is C24H29ClN2O2S. The Balaban J connectivity index is 1.24. The molecule has 2 aliphatic rings. The van der Waals surface area contributed by atoms with E-state index in [1.54, 1.807) is 7.11 Å². The number of likely N-dealkylation sites (tertiary alicyclic amines) is 1. The second-order valence-corrected chi connectivity index (χ2v) is 9.94. The van der Waals surface area contributed by atoms with Crippen molar-refractivity contribution >= 4 is 28.6 Å². The Hall–Kier alpha value is -1.69. The number of amides is 1. The Morgan fingerprint density at radius 3 is 2.63 bits per heavy atom. The molecule has 2 heterocycles. The van der Waals surface area contributed by atoms with E-state index in [2.05, 4.69) is 23.1 Å². The summed E-state index contributed by atoms with van der Waals surface area (Å²) in [5.41, 5.74) is 2.38. The maximum Gasteiger partial charge on any atom is 0.282 e. The predicted octanol–water partition coefficient (Wildman–Crippen LogP) is 5.34. The fourth-order valence-electron chi connectivity index (χ4n) is 4.41. The fraction of sp³-hybridized carbons (Fsp3) is 0.458. The minimum atomic E-state index is 0.214. The van der Waals surface area contributed by atoms with E-state index in [4.69, 9.17) is 16.3 Å². The van der Waals surface area contributed by atoms with E-state index >= 15 is 0 Å². The molecule has 2 saturated heterocycles. The number of piperidine rings is 1. The van der Waals surface area contributed by atoms with Crippen LogP contribution in [0.15, 0.2) is 48.5 Å². The average Bonchev–Trinajstić information content (AvgIpc) is 3.10. The number of halogens is 1. The Kier molecular flexibility index (Phi) is 7.24. The number of carbonyl (C=O) groups is 1. The maximum absolute atomic E-state index is 12.4. The molecule has 30 heavy (non-hydrogen) atoms. The number of methoxy groups -OCH3 is 1. The van der Waals surface area contributed by atoms with Crippen molar-refractivity contribution in [2.75, 3.05) is 33.3 Å². The summed E-state index contributed by atoms with van der Waals surface area (Å²) in [5, 5.41) is 1.41. The molecule has 0 radical (unpaired) electrons. The minimum Gasteiger partial charge on any atom is -0.497 e. The predicted molar refractivity (Wildman–Crippen MR) is 124 cm³/mol. The van der Waals surface area contributed by atoms with Crippen LogP contribution in [0.25, 0.3) is 0 Å². The lowest BCUT2D eigenvalue weighted by Gasteiger charge is -2.33. The molecular weight excluding hydrogens is 416 g/mol. The Bertz CT molecular complexity index is 856. The number of thioether (sulfide) groups is 1. The fourth-order valence-corrected chi connectivity index (χ4v) is 5.72. The van der Waals surface area contributed by atoms with Crippen LogP contribution in [-0.4, -0.2) is 53.6 Å². The summed E-state index contributed by atoms with van der Waals surface area (Å²) in [7, 11) is 1.69. The number of hydrogen-bond acceptors (Lipinski definition) is 4. The lowest BCUT2D eigenvalue weighted by atomic mass is 9.90. The minimum absolute atomic E-state index is 0.214. The van der Waals surface area contributed by atoms with Gasteiger partial charge < -0.3 is 14.5 Å². The van der Waals surface area contributed by atoms with Crippen molar-refractivity contribution in [2.45, 2.75) is 31.1 Å². The van der Waals surface area contributed by atoms with Gasteiger partial charge in [-0.05, 0) is 67.6 Å². The smallest absolute Gasteiger partial charge is 0.282 e. The third-order valence-electron chi connectivity index (χ3n) is 6.10. The summed E-state index contributed by atoms with van der Waals surface area (Å²) >= 11 is 7.90. The van der Waals surface area contributed by atoms with Gasteiger partial charge in [-0.3, -0.25) is 4.79 Å². The number of ether oxygens (including phenoxy) is 1. The van der Waals surface area contributed by atoms with Crippen LogP contribution in [-0.2, 0) is 13.0 Å². The van der Waals surface area contributed by atoms with Crippen molar-refractivity contribution in [3.05, 3.63) is 64.7 Å². The number of rotatable bonds is 7. The first-order chi connectivity index (χ1) is 14.6. The van der Waals surface area contributed by atoms with E-state index in [0.717, 1.165) is 43.4 Å². The molecule has 1 amide bonds. The lowest BCUT2D eigenvalue weighted by Crippen LogP contribution is -2.39. The summed E-state index contributed by atoms with van der Waals surface area (Å²) < 4.78 is 5.34. The molecule has 4 rings (SSSR count). The van der Waals surface area contributed by atoms with E-state index in [0.29, 0.717) is 17.7 Å². The highest BCUT2D eigenvalue weighted by atomic mass is 35.5. The van der Waals surface area contributed by atoms with Crippen LogP contribution in [0, 0.1) is 5.92 Å². The molecule has 2 fully saturated rings. The molecule has 0 spiro atoms. The third kappa shape index (κ3) is 5.51. The average molecular weight is 445 g/mol. The van der Waals surface area contributed by atoms with E-state index in [9.17, 15) is 4.79 Å². The molecule has 4 nitrogen and oxygen atoms in total. The van der Waals surface area contributed by atoms with Gasteiger partial charge in [0.2, 0.25) is 0 Å². The molecule has 2 aromatic carbocycles. The number of nitrogens with zero attached hydrogens (tertiary/aromatic N) is 2. The van der Waals surface area contributed by atoms with Crippen LogP contribution in [0.2, 0.25) is 5.02 Å². The molecule has 6 heteroatoms. The van der Waals surface area contributed by atoms with Crippen LogP contribution in [0.5, 0.6) is 5.75 Å². The van der Waals surface area contributed by atoms with Crippen molar-refractivity contribution in [3.63, 3.8) is 0 Å². The van der Waals surface area contributed by atoms with Gasteiger partial charge in [0.25, 0.3) is 5.24 Å². The summed E-state index contributed by atoms with van der Waals surface area (Å²) in [5.74, 6) is 1.52. The Morgan fingerprint density at radius 2 is 1.90 bits per heavy atom. The van der Waals surface area contributed by atoms with Gasteiger partial charge in [-0.2, -0.15) is 0 Å². The number of carbonyl (C=O) groups excluding carboxylic acids is 1. The van der Waals surface area contributed by atoms with Gasteiger partial charge in [0.1, 0.15) is 5.75 Å². The zero-order valence-electron chi connectivity index (χ0n) is 17.4. The highest BCUT2D eigenvalue weighted by Crippen LogP contribution is 2.31. The highest BCUT2D eigenvalue weighted by molar-refractivity contribution is 8.14. The standard InChI is InChI=1S/C24H29ClN2O2S/c1-29-21-7-8-23(25)20(14-21)13-18-9-11-26(12-10-18)16-22-17-27(24(28)30-22)15-19-5-3-2-4-6-19/h2-8,14,18,22H,9-13,15-17H2,1H3. The van der Waals surface area contributed by atoms with Crippen molar-refractivity contribution in [1.29, 1.82) is 0 Å².